The van der Waals surface area contributed by atoms with Crippen LogP contribution in [-0.4, -0.2) is 18.5 Å². The minimum absolute atomic E-state index is 0.239. The third-order valence-corrected chi connectivity index (χ3v) is 7.23. The molecule has 32 heavy (non-hydrogen) atoms. The van der Waals surface area contributed by atoms with E-state index in [-0.39, 0.29) is 17.6 Å². The number of hydrogen-bond donors (Lipinski definition) is 1. The second kappa shape index (κ2) is 10.8. The Bertz CT molecular complexity index is 1050. The van der Waals surface area contributed by atoms with Gasteiger partial charge in [0, 0.05) is 10.3 Å². The first kappa shape index (κ1) is 22.6. The van der Waals surface area contributed by atoms with Crippen molar-refractivity contribution >= 4 is 39.2 Å². The first-order valence-electron chi connectivity index (χ1n) is 11.8. The van der Waals surface area contributed by atoms with E-state index in [2.05, 4.69) is 5.32 Å². The van der Waals surface area contributed by atoms with Gasteiger partial charge in [-0.15, -0.1) is 11.3 Å². The summed E-state index contributed by atoms with van der Waals surface area (Å²) < 4.78 is 11.1. The van der Waals surface area contributed by atoms with Crippen molar-refractivity contribution in [3.63, 3.8) is 0 Å². The lowest BCUT2D eigenvalue weighted by Gasteiger charge is -2.10. The number of carbonyl (C=O) groups is 2. The summed E-state index contributed by atoms with van der Waals surface area (Å²) in [5, 5.41) is 4.42. The Labute approximate surface area is 193 Å². The average Bonchev–Trinajstić information content (AvgIpc) is 3.35. The number of fused-ring (bicyclic) bond motifs is 2. The molecular weight excluding hydrogens is 422 g/mol. The largest absolute Gasteiger partial charge is 0.462 e. The molecule has 0 fully saturated rings. The molecule has 6 heteroatoms. The summed E-state index contributed by atoms with van der Waals surface area (Å²) in [6.07, 6.45) is 11.4. The molecule has 0 atom stereocenters. The van der Waals surface area contributed by atoms with E-state index < -0.39 is 0 Å². The van der Waals surface area contributed by atoms with Gasteiger partial charge in [-0.25, -0.2) is 4.79 Å². The van der Waals surface area contributed by atoms with Crippen LogP contribution >= 0.6 is 11.3 Å². The standard InChI is InChI=1S/C26H31NO4S/c1-2-30-26(29)23-19-14-9-7-5-3-4-6-8-10-16-22(19)32-25(23)27-24(28)21-17-18-13-11-12-15-20(18)31-21/h11-13,15,17H,2-10,14,16H2,1H3,(H,27,28). The Morgan fingerprint density at radius 2 is 1.69 bits per heavy atom. The van der Waals surface area contributed by atoms with Gasteiger partial charge in [0.15, 0.2) is 5.76 Å². The third kappa shape index (κ3) is 5.23. The number of anilines is 1. The van der Waals surface area contributed by atoms with E-state index in [0.29, 0.717) is 22.8 Å². The molecule has 3 aromatic rings. The molecule has 1 aromatic carbocycles. The first-order valence-corrected chi connectivity index (χ1v) is 12.6. The van der Waals surface area contributed by atoms with Crippen LogP contribution in [0.5, 0.6) is 0 Å². The van der Waals surface area contributed by atoms with Crippen LogP contribution in [0.2, 0.25) is 0 Å². The zero-order chi connectivity index (χ0) is 22.3. The summed E-state index contributed by atoms with van der Waals surface area (Å²) in [5.74, 6) is -0.454. The zero-order valence-electron chi connectivity index (χ0n) is 18.7. The predicted molar refractivity (Wildman–Crippen MR) is 129 cm³/mol. The number of hydrogen-bond acceptors (Lipinski definition) is 5. The Hall–Kier alpha value is -2.60. The van der Waals surface area contributed by atoms with E-state index in [1.165, 1.54) is 48.3 Å². The van der Waals surface area contributed by atoms with Crippen LogP contribution in [0.3, 0.4) is 0 Å². The minimum Gasteiger partial charge on any atom is -0.462 e. The second-order valence-electron chi connectivity index (χ2n) is 8.36. The number of benzene rings is 1. The molecule has 1 amide bonds. The van der Waals surface area contributed by atoms with Crippen molar-refractivity contribution in [2.75, 3.05) is 11.9 Å². The molecule has 4 rings (SSSR count). The maximum Gasteiger partial charge on any atom is 0.341 e. The van der Waals surface area contributed by atoms with Gasteiger partial charge in [0.1, 0.15) is 10.6 Å². The highest BCUT2D eigenvalue weighted by atomic mass is 32.1. The molecule has 1 aliphatic rings. The summed E-state index contributed by atoms with van der Waals surface area (Å²) in [5.41, 5.74) is 2.27. The fraction of sp³-hybridized carbons (Fsp3) is 0.462. The van der Waals surface area contributed by atoms with Gasteiger partial charge < -0.3 is 14.5 Å². The van der Waals surface area contributed by atoms with Gasteiger partial charge >= 0.3 is 5.97 Å². The highest BCUT2D eigenvalue weighted by Crippen LogP contribution is 2.37. The van der Waals surface area contributed by atoms with Gasteiger partial charge in [0.05, 0.1) is 12.2 Å². The normalized spacial score (nSPS) is 15.4. The molecule has 0 bridgehead atoms. The number of amides is 1. The van der Waals surface area contributed by atoms with E-state index in [1.807, 2.05) is 31.2 Å². The van der Waals surface area contributed by atoms with Crippen LogP contribution in [0.15, 0.2) is 34.7 Å². The maximum absolute atomic E-state index is 13.0. The Kier molecular flexibility index (Phi) is 7.63. The molecule has 0 unspecified atom stereocenters. The fourth-order valence-corrected chi connectivity index (χ4v) is 5.66. The SMILES string of the molecule is CCOC(=O)c1c(NC(=O)c2cc3ccccc3o2)sc2c1CCCCCCCCCC2. The molecule has 1 aliphatic carbocycles. The van der Waals surface area contributed by atoms with Crippen LogP contribution in [0.4, 0.5) is 5.00 Å². The van der Waals surface area contributed by atoms with Crippen LogP contribution < -0.4 is 5.32 Å². The quantitative estimate of drug-likeness (QED) is 0.426. The van der Waals surface area contributed by atoms with Crippen molar-refractivity contribution in [1.82, 2.24) is 0 Å². The Morgan fingerprint density at radius 3 is 2.41 bits per heavy atom. The van der Waals surface area contributed by atoms with E-state index in [9.17, 15) is 9.59 Å². The van der Waals surface area contributed by atoms with Crippen molar-refractivity contribution in [1.29, 1.82) is 0 Å². The number of rotatable bonds is 4. The zero-order valence-corrected chi connectivity index (χ0v) is 19.5. The van der Waals surface area contributed by atoms with Crippen LogP contribution in [0.1, 0.15) is 89.6 Å². The molecule has 5 nitrogen and oxygen atoms in total. The number of aryl methyl sites for hydroxylation is 1. The molecule has 0 saturated heterocycles. The smallest absolute Gasteiger partial charge is 0.341 e. The number of para-hydroxylation sites is 1. The summed E-state index contributed by atoms with van der Waals surface area (Å²) in [6.45, 7) is 2.12. The van der Waals surface area contributed by atoms with Crippen molar-refractivity contribution in [3.8, 4) is 0 Å². The molecule has 2 heterocycles. The Balaban J connectivity index is 1.65. The Morgan fingerprint density at radius 1 is 1.00 bits per heavy atom. The topological polar surface area (TPSA) is 68.5 Å². The van der Waals surface area contributed by atoms with Crippen LogP contribution in [-0.2, 0) is 17.6 Å². The minimum atomic E-state index is -0.350. The monoisotopic (exact) mass is 453 g/mol. The molecule has 0 radical (unpaired) electrons. The number of carbonyl (C=O) groups excluding carboxylic acids is 2. The van der Waals surface area contributed by atoms with Gasteiger partial charge in [0.25, 0.3) is 5.91 Å². The summed E-state index contributed by atoms with van der Waals surface area (Å²) >= 11 is 1.52. The number of nitrogens with one attached hydrogen (secondary N) is 1. The molecule has 0 saturated carbocycles. The first-order chi connectivity index (χ1) is 15.7. The molecule has 0 spiro atoms. The van der Waals surface area contributed by atoms with Gasteiger partial charge in [-0.05, 0) is 50.3 Å². The van der Waals surface area contributed by atoms with Crippen LogP contribution in [0.25, 0.3) is 11.0 Å². The fourth-order valence-electron chi connectivity index (χ4n) is 4.39. The third-order valence-electron chi connectivity index (χ3n) is 6.03. The number of ether oxygens (including phenoxy) is 1. The van der Waals surface area contributed by atoms with Gasteiger partial charge in [-0.2, -0.15) is 0 Å². The molecular formula is C26H31NO4S. The van der Waals surface area contributed by atoms with Crippen LogP contribution in [0, 0.1) is 0 Å². The number of thiophene rings is 1. The molecule has 2 aromatic heterocycles. The van der Waals surface area contributed by atoms with Gasteiger partial charge in [0.2, 0.25) is 0 Å². The van der Waals surface area contributed by atoms with E-state index >= 15 is 0 Å². The average molecular weight is 454 g/mol. The summed E-state index contributed by atoms with van der Waals surface area (Å²) in [7, 11) is 0. The lowest BCUT2D eigenvalue weighted by atomic mass is 9.97. The summed E-state index contributed by atoms with van der Waals surface area (Å²) in [6, 6.07) is 9.27. The highest BCUT2D eigenvalue weighted by molar-refractivity contribution is 7.17. The van der Waals surface area contributed by atoms with Crippen molar-refractivity contribution in [2.24, 2.45) is 0 Å². The van der Waals surface area contributed by atoms with Crippen molar-refractivity contribution < 1.29 is 18.7 Å². The lowest BCUT2D eigenvalue weighted by molar-refractivity contribution is 0.0526. The number of esters is 1. The van der Waals surface area contributed by atoms with Crippen molar-refractivity contribution in [3.05, 3.63) is 52.1 Å². The second-order valence-corrected chi connectivity index (χ2v) is 9.46. The lowest BCUT2D eigenvalue weighted by Crippen LogP contribution is -2.15. The summed E-state index contributed by atoms with van der Waals surface area (Å²) in [4.78, 5) is 27.2. The molecule has 1 N–H and O–H groups in total. The maximum atomic E-state index is 13.0. The van der Waals surface area contributed by atoms with E-state index in [4.69, 9.17) is 9.15 Å². The van der Waals surface area contributed by atoms with Gasteiger partial charge in [-0.1, -0.05) is 56.7 Å². The number of furan rings is 1. The molecule has 170 valence electrons. The van der Waals surface area contributed by atoms with E-state index in [1.54, 1.807) is 6.07 Å². The predicted octanol–water partition coefficient (Wildman–Crippen LogP) is 7.14. The molecule has 0 aliphatic heterocycles. The van der Waals surface area contributed by atoms with Crippen molar-refractivity contribution in [2.45, 2.75) is 71.1 Å². The highest BCUT2D eigenvalue weighted by Gasteiger charge is 2.26. The van der Waals surface area contributed by atoms with Gasteiger partial charge in [-0.3, -0.25) is 4.79 Å². The van der Waals surface area contributed by atoms with E-state index in [0.717, 1.165) is 43.1 Å².